The minimum Gasteiger partial charge on any atom is -0.392 e. The van der Waals surface area contributed by atoms with Gasteiger partial charge in [-0.3, -0.25) is 9.69 Å². The molecule has 8 heteroatoms. The Morgan fingerprint density at radius 2 is 1.93 bits per heavy atom. The maximum Gasteiger partial charge on any atom is 0.245 e. The second kappa shape index (κ2) is 8.83. The summed E-state index contributed by atoms with van der Waals surface area (Å²) in [5.41, 5.74) is 1.07. The highest BCUT2D eigenvalue weighted by atomic mass is 35.5. The lowest BCUT2D eigenvalue weighted by atomic mass is 9.90. The van der Waals surface area contributed by atoms with Gasteiger partial charge in [-0.25, -0.2) is 0 Å². The Hall–Kier alpha value is -1.05. The molecule has 1 aliphatic carbocycles. The van der Waals surface area contributed by atoms with Crippen LogP contribution in [0.25, 0.3) is 0 Å². The summed E-state index contributed by atoms with van der Waals surface area (Å²) in [4.78, 5) is 18.9. The van der Waals surface area contributed by atoms with Crippen LogP contribution in [-0.4, -0.2) is 83.4 Å². The van der Waals surface area contributed by atoms with E-state index >= 15 is 0 Å². The zero-order valence-electron chi connectivity index (χ0n) is 17.4. The number of piperidine rings is 1. The van der Waals surface area contributed by atoms with E-state index in [1.165, 1.54) is 0 Å². The maximum absolute atomic E-state index is 12.9. The lowest BCUT2D eigenvalue weighted by molar-refractivity contribution is -0.134. The van der Waals surface area contributed by atoms with Gasteiger partial charge in [-0.1, -0.05) is 23.2 Å². The highest BCUT2D eigenvalue weighted by Gasteiger charge is 2.51. The molecule has 3 atom stereocenters. The van der Waals surface area contributed by atoms with Crippen molar-refractivity contribution in [1.29, 1.82) is 0 Å². The van der Waals surface area contributed by atoms with Crippen LogP contribution >= 0.6 is 23.2 Å². The van der Waals surface area contributed by atoms with E-state index in [4.69, 9.17) is 23.2 Å². The number of benzene rings is 1. The molecule has 6 nitrogen and oxygen atoms in total. The minimum absolute atomic E-state index is 0.0589. The number of β-amino-alcohol motifs (C(OH)–C–C–N with tert-alkyl or cyclic N) is 2. The first-order valence-corrected chi connectivity index (χ1v) is 11.6. The molecular weight excluding hydrogens is 425 g/mol. The first-order chi connectivity index (χ1) is 14.3. The Labute approximate surface area is 188 Å². The molecule has 1 aromatic rings. The van der Waals surface area contributed by atoms with E-state index in [1.54, 1.807) is 12.1 Å². The molecule has 0 radical (unpaired) electrons. The van der Waals surface area contributed by atoms with Gasteiger partial charge in [0.1, 0.15) is 6.04 Å². The van der Waals surface area contributed by atoms with Crippen LogP contribution in [0.4, 0.5) is 5.69 Å². The Balaban J connectivity index is 1.25. The van der Waals surface area contributed by atoms with Crippen molar-refractivity contribution in [2.24, 2.45) is 5.41 Å². The van der Waals surface area contributed by atoms with E-state index in [0.717, 1.165) is 31.5 Å². The van der Waals surface area contributed by atoms with Gasteiger partial charge >= 0.3 is 0 Å². The van der Waals surface area contributed by atoms with E-state index < -0.39 is 6.10 Å². The molecule has 2 heterocycles. The largest absolute Gasteiger partial charge is 0.392 e. The fraction of sp³-hybridized carbons (Fsp3) is 0.682. The highest BCUT2D eigenvalue weighted by Crippen LogP contribution is 2.53. The number of aliphatic hydroxyl groups is 2. The van der Waals surface area contributed by atoms with Crippen molar-refractivity contribution in [3.05, 3.63) is 28.2 Å². The average Bonchev–Trinajstić information content (AvgIpc) is 3.49. The minimum atomic E-state index is -0.498. The van der Waals surface area contributed by atoms with Crippen molar-refractivity contribution >= 4 is 34.8 Å². The zero-order chi connectivity index (χ0) is 21.5. The Bertz CT molecular complexity index is 789. The molecule has 0 bridgehead atoms. The third-order valence-electron chi connectivity index (χ3n) is 7.14. The van der Waals surface area contributed by atoms with E-state index in [2.05, 4.69) is 4.90 Å². The number of carbonyl (C=O) groups is 1. The highest BCUT2D eigenvalue weighted by molar-refractivity contribution is 6.42. The number of nitrogens with zero attached hydrogens (tertiary/aromatic N) is 3. The number of anilines is 1. The molecule has 1 amide bonds. The first kappa shape index (κ1) is 22.2. The summed E-state index contributed by atoms with van der Waals surface area (Å²) >= 11 is 12.1. The summed E-state index contributed by atoms with van der Waals surface area (Å²) in [6, 6.07) is 5.14. The molecule has 0 aromatic heterocycles. The molecule has 2 aliphatic heterocycles. The number of hydrogen-bond donors (Lipinski definition) is 2. The number of rotatable bonds is 6. The van der Waals surface area contributed by atoms with Gasteiger partial charge in [0.2, 0.25) is 5.91 Å². The summed E-state index contributed by atoms with van der Waals surface area (Å²) < 4.78 is 0. The van der Waals surface area contributed by atoms with Crippen LogP contribution in [0, 0.1) is 5.41 Å². The van der Waals surface area contributed by atoms with Crippen LogP contribution in [-0.2, 0) is 4.79 Å². The predicted molar refractivity (Wildman–Crippen MR) is 119 cm³/mol. The molecule has 1 saturated carbocycles. The predicted octanol–water partition coefficient (Wildman–Crippen LogP) is 2.63. The second-order valence-electron chi connectivity index (χ2n) is 9.12. The van der Waals surface area contributed by atoms with E-state index in [-0.39, 0.29) is 23.5 Å². The van der Waals surface area contributed by atoms with E-state index in [0.29, 0.717) is 49.2 Å². The Kier molecular flexibility index (Phi) is 6.52. The van der Waals surface area contributed by atoms with Crippen LogP contribution in [0.5, 0.6) is 0 Å². The summed E-state index contributed by atoms with van der Waals surface area (Å²) in [5, 5.41) is 21.8. The summed E-state index contributed by atoms with van der Waals surface area (Å²) in [6.07, 6.45) is 3.08. The molecule has 3 aliphatic rings. The van der Waals surface area contributed by atoms with Gasteiger partial charge < -0.3 is 20.0 Å². The number of aliphatic hydroxyl groups excluding tert-OH is 2. The van der Waals surface area contributed by atoms with E-state index in [1.807, 2.05) is 22.8 Å². The van der Waals surface area contributed by atoms with Crippen LogP contribution in [0.15, 0.2) is 18.2 Å². The Morgan fingerprint density at radius 3 is 2.60 bits per heavy atom. The quantitative estimate of drug-likeness (QED) is 0.689. The van der Waals surface area contributed by atoms with Gasteiger partial charge in [-0.2, -0.15) is 0 Å². The molecule has 1 spiro atoms. The van der Waals surface area contributed by atoms with Gasteiger partial charge in [0.25, 0.3) is 0 Å². The van der Waals surface area contributed by atoms with Crippen molar-refractivity contribution in [2.75, 3.05) is 44.2 Å². The molecule has 4 rings (SSSR count). The first-order valence-electron chi connectivity index (χ1n) is 10.9. The van der Waals surface area contributed by atoms with Crippen molar-refractivity contribution in [1.82, 2.24) is 9.80 Å². The average molecular weight is 456 g/mol. The lowest BCUT2D eigenvalue weighted by Crippen LogP contribution is -2.56. The third kappa shape index (κ3) is 4.58. The molecular formula is C22H31Cl2N3O3. The number of hydrogen-bond acceptors (Lipinski definition) is 5. The fourth-order valence-electron chi connectivity index (χ4n) is 4.85. The van der Waals surface area contributed by atoms with Crippen molar-refractivity contribution < 1.29 is 15.0 Å². The van der Waals surface area contributed by atoms with Gasteiger partial charge in [0, 0.05) is 38.4 Å². The van der Waals surface area contributed by atoms with E-state index in [9.17, 15) is 15.0 Å². The van der Waals surface area contributed by atoms with Crippen LogP contribution in [0.2, 0.25) is 10.0 Å². The number of halogens is 2. The van der Waals surface area contributed by atoms with Crippen LogP contribution in [0.1, 0.15) is 32.6 Å². The van der Waals surface area contributed by atoms with Gasteiger partial charge in [-0.15, -0.1) is 0 Å². The second-order valence-corrected chi connectivity index (χ2v) is 9.94. The van der Waals surface area contributed by atoms with Gasteiger partial charge in [-0.05, 0) is 62.8 Å². The molecule has 1 unspecified atom stereocenters. The summed E-state index contributed by atoms with van der Waals surface area (Å²) in [7, 11) is 0. The van der Waals surface area contributed by atoms with Gasteiger partial charge in [0.15, 0.2) is 0 Å². The summed E-state index contributed by atoms with van der Waals surface area (Å²) in [5.74, 6) is 0.0589. The van der Waals surface area contributed by atoms with Crippen molar-refractivity contribution in [3.8, 4) is 0 Å². The monoisotopic (exact) mass is 455 g/mol. The molecule has 30 heavy (non-hydrogen) atoms. The number of carbonyl (C=O) groups excluding carboxylic acids is 1. The number of piperazine rings is 1. The van der Waals surface area contributed by atoms with Crippen molar-refractivity contribution in [2.45, 2.75) is 50.9 Å². The SMILES string of the molecule is CC1C(=O)N(CC[C@H](O)CN2CCC3(CC3)[C@H](O)C2)CCN1c1ccc(Cl)c(Cl)c1. The molecule has 2 N–H and O–H groups in total. The number of amides is 1. The third-order valence-corrected chi connectivity index (χ3v) is 7.88. The smallest absolute Gasteiger partial charge is 0.245 e. The molecule has 166 valence electrons. The molecule has 1 aromatic carbocycles. The zero-order valence-corrected chi connectivity index (χ0v) is 18.9. The molecule has 2 saturated heterocycles. The topological polar surface area (TPSA) is 67.2 Å². The number of likely N-dealkylation sites (tertiary alicyclic amines) is 1. The molecule has 3 fully saturated rings. The van der Waals surface area contributed by atoms with Crippen molar-refractivity contribution in [3.63, 3.8) is 0 Å². The standard InChI is InChI=1S/C22H31Cl2N3O3/c1-15-21(30)26(10-11-27(15)16-2-3-18(23)19(24)12-16)8-4-17(28)13-25-9-7-22(5-6-22)20(29)14-25/h2-3,12,15,17,20,28-29H,4-11,13-14H2,1H3/t15?,17-,20+/m0/s1. The Morgan fingerprint density at radius 1 is 1.17 bits per heavy atom. The maximum atomic E-state index is 12.9. The fourth-order valence-corrected chi connectivity index (χ4v) is 5.14. The van der Waals surface area contributed by atoms with Crippen LogP contribution < -0.4 is 4.90 Å². The van der Waals surface area contributed by atoms with Crippen LogP contribution in [0.3, 0.4) is 0 Å². The van der Waals surface area contributed by atoms with Gasteiger partial charge in [0.05, 0.1) is 22.3 Å². The normalized spacial score (nSPS) is 27.6. The summed E-state index contributed by atoms with van der Waals surface area (Å²) in [6.45, 7) is 5.90. The lowest BCUT2D eigenvalue weighted by Gasteiger charge is -2.41.